The number of amides is 2. The van der Waals surface area contributed by atoms with Crippen molar-refractivity contribution in [2.24, 2.45) is 5.73 Å². The summed E-state index contributed by atoms with van der Waals surface area (Å²) in [7, 11) is 0. The highest BCUT2D eigenvalue weighted by molar-refractivity contribution is 6.30. The first-order valence-electron chi connectivity index (χ1n) is 8.78. The summed E-state index contributed by atoms with van der Waals surface area (Å²) in [6.07, 6.45) is 0.407. The van der Waals surface area contributed by atoms with Crippen molar-refractivity contribution in [1.82, 2.24) is 4.90 Å². The Hall–Kier alpha value is -2.73. The van der Waals surface area contributed by atoms with Gasteiger partial charge in [-0.1, -0.05) is 48.0 Å². The van der Waals surface area contributed by atoms with Crippen molar-refractivity contribution in [3.8, 4) is 0 Å². The van der Waals surface area contributed by atoms with Gasteiger partial charge in [0, 0.05) is 23.8 Å². The normalized spacial score (nSPS) is 15.8. The topological polar surface area (TPSA) is 84.7 Å². The zero-order valence-corrected chi connectivity index (χ0v) is 15.6. The van der Waals surface area contributed by atoms with Gasteiger partial charge in [-0.15, -0.1) is 0 Å². The lowest BCUT2D eigenvalue weighted by molar-refractivity contribution is -0.123. The molecule has 3 rings (SSSR count). The van der Waals surface area contributed by atoms with Crippen LogP contribution in [0.25, 0.3) is 0 Å². The molecule has 6 nitrogen and oxygen atoms in total. The minimum atomic E-state index is -0.916. The molecule has 1 aliphatic heterocycles. The van der Waals surface area contributed by atoms with Gasteiger partial charge in [-0.25, -0.2) is 4.79 Å². The van der Waals surface area contributed by atoms with Gasteiger partial charge < -0.3 is 20.7 Å². The zero-order chi connectivity index (χ0) is 19.3. The van der Waals surface area contributed by atoms with Crippen molar-refractivity contribution in [2.75, 3.05) is 18.4 Å². The van der Waals surface area contributed by atoms with Crippen molar-refractivity contribution in [3.63, 3.8) is 0 Å². The average Bonchev–Trinajstić information content (AvgIpc) is 2.67. The van der Waals surface area contributed by atoms with Gasteiger partial charge in [0.25, 0.3) is 0 Å². The maximum Gasteiger partial charge on any atom is 0.410 e. The number of anilines is 1. The van der Waals surface area contributed by atoms with Crippen molar-refractivity contribution >= 4 is 29.3 Å². The summed E-state index contributed by atoms with van der Waals surface area (Å²) in [5, 5.41) is 3.79. The fraction of sp³-hybridized carbons (Fsp3) is 0.300. The third-order valence-electron chi connectivity index (χ3n) is 4.76. The molecule has 0 aromatic heterocycles. The molecule has 142 valence electrons. The summed E-state index contributed by atoms with van der Waals surface area (Å²) in [5.41, 5.74) is 6.41. The number of hydrogen-bond acceptors (Lipinski definition) is 4. The van der Waals surface area contributed by atoms with Gasteiger partial charge in [0.15, 0.2) is 0 Å². The monoisotopic (exact) mass is 387 g/mol. The van der Waals surface area contributed by atoms with Crippen molar-refractivity contribution in [2.45, 2.75) is 25.0 Å². The summed E-state index contributed by atoms with van der Waals surface area (Å²) in [5.74, 6) is -0.445. The van der Waals surface area contributed by atoms with Crippen LogP contribution in [0.15, 0.2) is 54.6 Å². The Balaban J connectivity index is 1.59. The number of hydrogen-bond donors (Lipinski definition) is 2. The van der Waals surface area contributed by atoms with Gasteiger partial charge in [0.05, 0.1) is 0 Å². The zero-order valence-electron chi connectivity index (χ0n) is 14.9. The highest BCUT2D eigenvalue weighted by Gasteiger charge is 2.41. The van der Waals surface area contributed by atoms with Crippen LogP contribution < -0.4 is 11.1 Å². The Morgan fingerprint density at radius 3 is 2.44 bits per heavy atom. The number of halogens is 1. The number of nitrogens with one attached hydrogen (secondary N) is 1. The standard InChI is InChI=1S/C20H22ClN3O3/c21-16-7-4-8-17(13-16)23-20(18(22)25)9-11-24(12-10-20)19(26)27-14-15-5-2-1-3-6-15/h1-8,13,23H,9-12,14H2,(H2,22,25). The van der Waals surface area contributed by atoms with Gasteiger partial charge in [0.2, 0.25) is 5.91 Å². The Kier molecular flexibility index (Phi) is 5.86. The Labute approximate surface area is 163 Å². The molecule has 0 bridgehead atoms. The summed E-state index contributed by atoms with van der Waals surface area (Å²) >= 11 is 6.01. The molecular formula is C20H22ClN3O3. The lowest BCUT2D eigenvalue weighted by atomic mass is 9.86. The number of benzene rings is 2. The highest BCUT2D eigenvalue weighted by atomic mass is 35.5. The van der Waals surface area contributed by atoms with E-state index in [4.69, 9.17) is 22.1 Å². The molecular weight excluding hydrogens is 366 g/mol. The molecule has 0 radical (unpaired) electrons. The Morgan fingerprint density at radius 2 is 1.81 bits per heavy atom. The summed E-state index contributed by atoms with van der Waals surface area (Å²) in [6, 6.07) is 16.6. The molecule has 7 heteroatoms. The van der Waals surface area contributed by atoms with Crippen LogP contribution in [0.4, 0.5) is 10.5 Å². The minimum Gasteiger partial charge on any atom is -0.445 e. The number of nitrogens with zero attached hydrogens (tertiary/aromatic N) is 1. The smallest absolute Gasteiger partial charge is 0.410 e. The van der Waals surface area contributed by atoms with Crippen LogP contribution in [0.1, 0.15) is 18.4 Å². The van der Waals surface area contributed by atoms with E-state index in [2.05, 4.69) is 5.32 Å². The molecule has 1 heterocycles. The number of ether oxygens (including phenoxy) is 1. The molecule has 1 saturated heterocycles. The summed E-state index contributed by atoms with van der Waals surface area (Å²) < 4.78 is 5.36. The third-order valence-corrected chi connectivity index (χ3v) is 5.00. The maximum atomic E-state index is 12.3. The molecule has 2 amide bonds. The SMILES string of the molecule is NC(=O)C1(Nc2cccc(Cl)c2)CCN(C(=O)OCc2ccccc2)CC1. The molecule has 27 heavy (non-hydrogen) atoms. The molecule has 0 unspecified atom stereocenters. The summed E-state index contributed by atoms with van der Waals surface area (Å²) in [6.45, 7) is 0.978. The van der Waals surface area contributed by atoms with Gasteiger partial charge in [-0.2, -0.15) is 0 Å². The molecule has 2 aromatic rings. The largest absolute Gasteiger partial charge is 0.445 e. The first kappa shape index (κ1) is 19.0. The third kappa shape index (κ3) is 4.71. The van der Waals surface area contributed by atoms with Crippen LogP contribution >= 0.6 is 11.6 Å². The highest BCUT2D eigenvalue weighted by Crippen LogP contribution is 2.28. The van der Waals surface area contributed by atoms with Crippen molar-refractivity contribution < 1.29 is 14.3 Å². The number of carbonyl (C=O) groups excluding carboxylic acids is 2. The Bertz CT molecular complexity index is 805. The molecule has 1 aliphatic rings. The molecule has 0 saturated carbocycles. The van der Waals surface area contributed by atoms with E-state index in [1.165, 1.54) is 0 Å². The lowest BCUT2D eigenvalue weighted by Crippen LogP contribution is -2.57. The average molecular weight is 388 g/mol. The van der Waals surface area contributed by atoms with E-state index in [1.807, 2.05) is 36.4 Å². The number of nitrogens with two attached hydrogens (primary N) is 1. The van der Waals surface area contributed by atoms with E-state index in [0.29, 0.717) is 31.0 Å². The number of primary amides is 1. The van der Waals surface area contributed by atoms with E-state index in [0.717, 1.165) is 11.3 Å². The second kappa shape index (κ2) is 8.31. The van der Waals surface area contributed by atoms with Crippen molar-refractivity contribution in [1.29, 1.82) is 0 Å². The van der Waals surface area contributed by atoms with Crippen molar-refractivity contribution in [3.05, 3.63) is 65.2 Å². The first-order valence-corrected chi connectivity index (χ1v) is 9.16. The maximum absolute atomic E-state index is 12.3. The Morgan fingerprint density at radius 1 is 1.11 bits per heavy atom. The van der Waals surface area contributed by atoms with Gasteiger partial charge in [-0.3, -0.25) is 4.79 Å². The summed E-state index contributed by atoms with van der Waals surface area (Å²) in [4.78, 5) is 26.1. The quantitative estimate of drug-likeness (QED) is 0.823. The fourth-order valence-electron chi connectivity index (χ4n) is 3.16. The molecule has 0 atom stereocenters. The molecule has 2 aromatic carbocycles. The molecule has 0 aliphatic carbocycles. The molecule has 0 spiro atoms. The number of piperidine rings is 1. The number of rotatable bonds is 5. The van der Waals surface area contributed by atoms with E-state index in [-0.39, 0.29) is 12.7 Å². The van der Waals surface area contributed by atoms with Crippen LogP contribution in [0.3, 0.4) is 0 Å². The van der Waals surface area contributed by atoms with Crippen LogP contribution in [-0.4, -0.2) is 35.5 Å². The number of carbonyl (C=O) groups is 2. The second-order valence-electron chi connectivity index (χ2n) is 6.61. The lowest BCUT2D eigenvalue weighted by Gasteiger charge is -2.40. The predicted octanol–water partition coefficient (Wildman–Crippen LogP) is 3.41. The number of likely N-dealkylation sites (tertiary alicyclic amines) is 1. The van der Waals surface area contributed by atoms with E-state index in [1.54, 1.807) is 23.1 Å². The van der Waals surface area contributed by atoms with Gasteiger partial charge >= 0.3 is 6.09 Å². The first-order chi connectivity index (χ1) is 13.0. The van der Waals surface area contributed by atoms with E-state index >= 15 is 0 Å². The van der Waals surface area contributed by atoms with E-state index in [9.17, 15) is 9.59 Å². The van der Waals surface area contributed by atoms with Crippen LogP contribution in [0.5, 0.6) is 0 Å². The second-order valence-corrected chi connectivity index (χ2v) is 7.05. The van der Waals surface area contributed by atoms with Crippen LogP contribution in [-0.2, 0) is 16.1 Å². The minimum absolute atomic E-state index is 0.220. The molecule has 1 fully saturated rings. The van der Waals surface area contributed by atoms with Crippen LogP contribution in [0.2, 0.25) is 5.02 Å². The predicted molar refractivity (Wildman–Crippen MR) is 104 cm³/mol. The fourth-order valence-corrected chi connectivity index (χ4v) is 3.35. The van der Waals surface area contributed by atoms with Crippen LogP contribution in [0, 0.1) is 0 Å². The molecule has 3 N–H and O–H groups in total. The van der Waals surface area contributed by atoms with Gasteiger partial charge in [0.1, 0.15) is 12.1 Å². The van der Waals surface area contributed by atoms with Gasteiger partial charge in [-0.05, 0) is 36.6 Å². The van der Waals surface area contributed by atoms with E-state index < -0.39 is 11.4 Å².